The molecule has 0 amide bonds. The smallest absolute Gasteiger partial charge is 0.132 e. The molecule has 0 saturated carbocycles. The number of hydrogen-bond acceptors (Lipinski definition) is 7. The summed E-state index contributed by atoms with van der Waals surface area (Å²) in [5, 5.41) is 8.90. The average Bonchev–Trinajstić information content (AvgIpc) is 3.19. The van der Waals surface area contributed by atoms with Crippen LogP contribution < -0.4 is 5.73 Å². The molecule has 0 radical (unpaired) electrons. The van der Waals surface area contributed by atoms with Crippen LogP contribution in [0, 0.1) is 12.3 Å². The van der Waals surface area contributed by atoms with Crippen LogP contribution in [0.4, 0.5) is 5.82 Å². The van der Waals surface area contributed by atoms with Crippen LogP contribution in [-0.2, 0) is 17.6 Å². The first kappa shape index (κ1) is 27.2. The number of aryl methyl sites for hydroxylation is 3. The van der Waals surface area contributed by atoms with Gasteiger partial charge in [-0.05, 0) is 92.5 Å². The van der Waals surface area contributed by atoms with Crippen molar-refractivity contribution in [3.05, 3.63) is 95.1 Å². The van der Waals surface area contributed by atoms with Crippen LogP contribution >= 0.6 is 0 Å². The summed E-state index contributed by atoms with van der Waals surface area (Å²) in [7, 11) is 0. The Bertz CT molecular complexity index is 1550. The number of nitrogens with one attached hydrogen (secondary N) is 1. The second kappa shape index (κ2) is 11.9. The predicted molar refractivity (Wildman–Crippen MR) is 164 cm³/mol. The number of nitrogen functional groups attached to an aromatic ring is 1. The standard InChI is InChI=1S/C34H38N6O/c1-3-41-21-29-14-16-40(29)28-11-8-23-6-7-25(17-24(23)9-12-28)27-18-30(34(36)39-20-27)32(35)31-13-10-26(19-38-31)33-22(2)5-4-15-37-33/h4-7,10,13,15,17-20,28-29,35H,3,8-9,11-12,14,16,21H2,1-2H3,(H2,36,39)/t28-,29?/m0/s1. The third kappa shape index (κ3) is 5.65. The molecule has 3 aromatic heterocycles. The summed E-state index contributed by atoms with van der Waals surface area (Å²) in [5.41, 5.74) is 15.5. The van der Waals surface area contributed by atoms with E-state index in [0.29, 0.717) is 29.2 Å². The molecule has 1 aliphatic carbocycles. The molecule has 1 aromatic carbocycles. The number of aromatic nitrogens is 3. The van der Waals surface area contributed by atoms with Crippen LogP contribution in [0.25, 0.3) is 22.4 Å². The van der Waals surface area contributed by atoms with Gasteiger partial charge in [-0.2, -0.15) is 0 Å². The molecule has 2 aliphatic rings. The Kier molecular flexibility index (Phi) is 7.90. The molecule has 2 atom stereocenters. The fraction of sp³-hybridized carbons (Fsp3) is 0.353. The van der Waals surface area contributed by atoms with E-state index in [4.69, 9.17) is 15.9 Å². The summed E-state index contributed by atoms with van der Waals surface area (Å²) in [5.74, 6) is 0.332. The van der Waals surface area contributed by atoms with Crippen molar-refractivity contribution in [3.8, 4) is 22.4 Å². The molecule has 1 saturated heterocycles. The molecule has 3 N–H and O–H groups in total. The van der Waals surface area contributed by atoms with Crippen molar-refractivity contribution >= 4 is 11.5 Å². The minimum Gasteiger partial charge on any atom is -0.383 e. The van der Waals surface area contributed by atoms with Gasteiger partial charge in [-0.3, -0.25) is 20.3 Å². The molecule has 4 aromatic rings. The zero-order chi connectivity index (χ0) is 28.3. The summed E-state index contributed by atoms with van der Waals surface area (Å²) >= 11 is 0. The van der Waals surface area contributed by atoms with Gasteiger partial charge in [0.1, 0.15) is 5.82 Å². The highest BCUT2D eigenvalue weighted by atomic mass is 16.5. The largest absolute Gasteiger partial charge is 0.383 e. The van der Waals surface area contributed by atoms with E-state index in [0.717, 1.165) is 54.0 Å². The van der Waals surface area contributed by atoms with E-state index in [-0.39, 0.29) is 5.71 Å². The average molecular weight is 547 g/mol. The van der Waals surface area contributed by atoms with Crippen molar-refractivity contribution in [1.29, 1.82) is 5.41 Å². The molecule has 1 unspecified atom stereocenters. The molecule has 7 nitrogen and oxygen atoms in total. The van der Waals surface area contributed by atoms with Gasteiger partial charge in [0.25, 0.3) is 0 Å². The highest BCUT2D eigenvalue weighted by Gasteiger charge is 2.34. The molecule has 1 aliphatic heterocycles. The fourth-order valence-electron chi connectivity index (χ4n) is 6.22. The summed E-state index contributed by atoms with van der Waals surface area (Å²) in [6, 6.07) is 17.7. The Morgan fingerprint density at radius 3 is 2.49 bits per heavy atom. The van der Waals surface area contributed by atoms with Crippen molar-refractivity contribution in [1.82, 2.24) is 19.9 Å². The Hall–Kier alpha value is -3.94. The summed E-state index contributed by atoms with van der Waals surface area (Å²) in [4.78, 5) is 16.2. The lowest BCUT2D eigenvalue weighted by molar-refractivity contribution is -0.0220. The van der Waals surface area contributed by atoms with E-state index in [1.165, 1.54) is 36.9 Å². The van der Waals surface area contributed by atoms with E-state index in [1.807, 2.05) is 43.5 Å². The van der Waals surface area contributed by atoms with Crippen LogP contribution in [0.2, 0.25) is 0 Å². The minimum atomic E-state index is 0.259. The van der Waals surface area contributed by atoms with Gasteiger partial charge in [0, 0.05) is 60.5 Å². The van der Waals surface area contributed by atoms with E-state index in [9.17, 15) is 0 Å². The summed E-state index contributed by atoms with van der Waals surface area (Å²) in [6.45, 7) is 6.94. The Balaban J connectivity index is 1.19. The molecule has 210 valence electrons. The lowest BCUT2D eigenvalue weighted by atomic mass is 9.95. The van der Waals surface area contributed by atoms with Crippen molar-refractivity contribution < 1.29 is 4.74 Å². The maximum Gasteiger partial charge on any atom is 0.132 e. The molecular formula is C34H38N6O. The van der Waals surface area contributed by atoms with E-state index in [1.54, 1.807) is 12.4 Å². The zero-order valence-corrected chi connectivity index (χ0v) is 23.9. The third-order valence-electron chi connectivity index (χ3n) is 8.70. The topological polar surface area (TPSA) is 101 Å². The summed E-state index contributed by atoms with van der Waals surface area (Å²) in [6.07, 6.45) is 11.2. The lowest BCUT2D eigenvalue weighted by Crippen LogP contribution is -2.55. The first-order chi connectivity index (χ1) is 20.0. The number of fused-ring (bicyclic) bond motifs is 1. The molecule has 41 heavy (non-hydrogen) atoms. The van der Waals surface area contributed by atoms with Gasteiger partial charge in [-0.1, -0.05) is 24.3 Å². The van der Waals surface area contributed by atoms with Crippen LogP contribution in [0.15, 0.2) is 67.1 Å². The number of ether oxygens (including phenoxy) is 1. The van der Waals surface area contributed by atoms with Crippen LogP contribution in [0.5, 0.6) is 0 Å². The number of likely N-dealkylation sites (tertiary alicyclic amines) is 1. The van der Waals surface area contributed by atoms with E-state index in [2.05, 4.69) is 45.0 Å². The number of hydrogen-bond donors (Lipinski definition) is 2. The molecule has 4 heterocycles. The SMILES string of the molecule is CCOCC1CCN1[C@H]1CCc2ccc(-c3cnc(N)c(C(=N)c4ccc(-c5ncccc5C)cn4)c3)cc2CC1. The minimum absolute atomic E-state index is 0.259. The maximum absolute atomic E-state index is 8.90. The number of rotatable bonds is 8. The first-order valence-corrected chi connectivity index (χ1v) is 14.7. The van der Waals surface area contributed by atoms with Gasteiger partial charge in [-0.15, -0.1) is 0 Å². The second-order valence-electron chi connectivity index (χ2n) is 11.2. The van der Waals surface area contributed by atoms with Crippen molar-refractivity contribution in [2.24, 2.45) is 0 Å². The van der Waals surface area contributed by atoms with Crippen LogP contribution in [0.3, 0.4) is 0 Å². The number of pyridine rings is 3. The maximum atomic E-state index is 8.90. The third-order valence-corrected chi connectivity index (χ3v) is 8.70. The Morgan fingerprint density at radius 2 is 1.76 bits per heavy atom. The number of nitrogens with two attached hydrogens (primary N) is 1. The number of anilines is 1. The van der Waals surface area contributed by atoms with Gasteiger partial charge in [0.2, 0.25) is 0 Å². The predicted octanol–water partition coefficient (Wildman–Crippen LogP) is 5.87. The molecular weight excluding hydrogens is 508 g/mol. The van der Waals surface area contributed by atoms with Crippen LogP contribution in [-0.4, -0.2) is 57.4 Å². The van der Waals surface area contributed by atoms with Crippen LogP contribution in [0.1, 0.15) is 54.1 Å². The first-order valence-electron chi connectivity index (χ1n) is 14.7. The normalized spacial score (nSPS) is 18.8. The number of benzene rings is 1. The van der Waals surface area contributed by atoms with Gasteiger partial charge in [0.05, 0.1) is 23.7 Å². The highest BCUT2D eigenvalue weighted by molar-refractivity contribution is 6.12. The molecule has 6 rings (SSSR count). The van der Waals surface area contributed by atoms with Crippen molar-refractivity contribution in [2.45, 2.75) is 58.0 Å². The fourth-order valence-corrected chi connectivity index (χ4v) is 6.22. The number of nitrogens with zero attached hydrogens (tertiary/aromatic N) is 4. The molecule has 0 spiro atoms. The molecule has 0 bridgehead atoms. The molecule has 7 heteroatoms. The van der Waals surface area contributed by atoms with E-state index < -0.39 is 0 Å². The zero-order valence-electron chi connectivity index (χ0n) is 23.9. The summed E-state index contributed by atoms with van der Waals surface area (Å²) < 4.78 is 5.73. The van der Waals surface area contributed by atoms with Crippen molar-refractivity contribution in [2.75, 3.05) is 25.5 Å². The van der Waals surface area contributed by atoms with Gasteiger partial charge >= 0.3 is 0 Å². The van der Waals surface area contributed by atoms with Gasteiger partial charge in [0.15, 0.2) is 0 Å². The monoisotopic (exact) mass is 546 g/mol. The van der Waals surface area contributed by atoms with Crippen molar-refractivity contribution in [3.63, 3.8) is 0 Å². The molecule has 1 fully saturated rings. The highest BCUT2D eigenvalue weighted by Crippen LogP contribution is 2.33. The van der Waals surface area contributed by atoms with Gasteiger partial charge in [-0.25, -0.2) is 4.98 Å². The quantitative estimate of drug-likeness (QED) is 0.212. The van der Waals surface area contributed by atoms with E-state index >= 15 is 0 Å². The Labute approximate surface area is 242 Å². The second-order valence-corrected chi connectivity index (χ2v) is 11.2. The van der Waals surface area contributed by atoms with Gasteiger partial charge < -0.3 is 10.5 Å². The lowest BCUT2D eigenvalue weighted by Gasteiger charge is -2.46. The Morgan fingerprint density at radius 1 is 0.951 bits per heavy atom.